The molecule has 136 valence electrons. The standard InChI is InChI=1S/C23H25N2OSi/c1-14-20-18(12-16-8-10-24(2)22(14)16)26-19-13-17(27(4,5)6)11-15-7-9-25(3)23(20)21(15)19/h7-13H,1-6H3/q+1. The summed E-state index contributed by atoms with van der Waals surface area (Å²) in [5.74, 6) is 0. The number of nitrogens with zero attached hydrogens (tertiary/aromatic N) is 2. The Hall–Kier alpha value is -2.59. The molecule has 0 unspecified atom stereocenters. The maximum atomic E-state index is 6.54. The zero-order valence-electron chi connectivity index (χ0n) is 16.8. The molecule has 4 heteroatoms. The molecule has 0 fully saturated rings. The van der Waals surface area contributed by atoms with Crippen molar-refractivity contribution in [2.75, 3.05) is 0 Å². The van der Waals surface area contributed by atoms with Gasteiger partial charge in [-0.2, -0.15) is 0 Å². The van der Waals surface area contributed by atoms with E-state index in [9.17, 15) is 0 Å². The molecule has 5 aromatic rings. The average molecular weight is 374 g/mol. The van der Waals surface area contributed by atoms with E-state index >= 15 is 0 Å². The summed E-state index contributed by atoms with van der Waals surface area (Å²) in [6, 6.07) is 11.2. The van der Waals surface area contributed by atoms with E-state index in [2.05, 4.69) is 92.5 Å². The zero-order valence-corrected chi connectivity index (χ0v) is 17.8. The Morgan fingerprint density at radius 3 is 2.44 bits per heavy atom. The van der Waals surface area contributed by atoms with Crippen molar-refractivity contribution in [1.82, 2.24) is 4.57 Å². The van der Waals surface area contributed by atoms with Gasteiger partial charge in [-0.05, 0) is 30.5 Å². The molecule has 2 aromatic carbocycles. The minimum atomic E-state index is -1.44. The quantitative estimate of drug-likeness (QED) is 0.177. The molecule has 0 N–H and O–H groups in total. The number of benzene rings is 2. The maximum Gasteiger partial charge on any atom is 0.216 e. The van der Waals surface area contributed by atoms with Gasteiger partial charge in [0.25, 0.3) is 0 Å². The molecule has 0 bridgehead atoms. The van der Waals surface area contributed by atoms with Crippen LogP contribution >= 0.6 is 0 Å². The fourth-order valence-electron chi connectivity index (χ4n) is 4.44. The zero-order chi connectivity index (χ0) is 19.1. The molecule has 3 heterocycles. The molecule has 27 heavy (non-hydrogen) atoms. The molecule has 3 nitrogen and oxygen atoms in total. The van der Waals surface area contributed by atoms with E-state index in [1.807, 2.05) is 0 Å². The van der Waals surface area contributed by atoms with Gasteiger partial charge < -0.3 is 8.98 Å². The third kappa shape index (κ3) is 2.23. The molecule has 0 atom stereocenters. The van der Waals surface area contributed by atoms with Gasteiger partial charge in [-0.15, -0.1) is 0 Å². The van der Waals surface area contributed by atoms with Gasteiger partial charge in [0.15, 0.2) is 6.20 Å². The van der Waals surface area contributed by atoms with Crippen LogP contribution in [0.1, 0.15) is 5.56 Å². The minimum Gasteiger partial charge on any atom is -0.456 e. The van der Waals surface area contributed by atoms with Crippen molar-refractivity contribution in [3.63, 3.8) is 0 Å². The highest BCUT2D eigenvalue weighted by atomic mass is 28.3. The van der Waals surface area contributed by atoms with Gasteiger partial charge in [0.2, 0.25) is 5.52 Å². The fourth-order valence-corrected chi connectivity index (χ4v) is 5.59. The van der Waals surface area contributed by atoms with Crippen molar-refractivity contribution < 1.29 is 8.98 Å². The Balaban J connectivity index is 2.09. The first-order valence-electron chi connectivity index (χ1n) is 9.49. The number of hydrogen-bond donors (Lipinski definition) is 0. The Morgan fingerprint density at radius 2 is 1.70 bits per heavy atom. The van der Waals surface area contributed by atoms with Crippen LogP contribution in [-0.2, 0) is 14.1 Å². The lowest BCUT2D eigenvalue weighted by molar-refractivity contribution is -0.642. The Kier molecular flexibility index (Phi) is 3.21. The van der Waals surface area contributed by atoms with Crippen LogP contribution in [0.2, 0.25) is 19.6 Å². The van der Waals surface area contributed by atoms with Gasteiger partial charge in [0.05, 0.1) is 24.4 Å². The first-order valence-corrected chi connectivity index (χ1v) is 13.0. The second-order valence-electron chi connectivity index (χ2n) is 8.81. The third-order valence-electron chi connectivity index (χ3n) is 5.89. The molecule has 0 aliphatic carbocycles. The van der Waals surface area contributed by atoms with Gasteiger partial charge in [-0.1, -0.05) is 30.9 Å². The second-order valence-corrected chi connectivity index (χ2v) is 13.9. The molecule has 0 amide bonds. The molecule has 0 spiro atoms. The third-order valence-corrected chi connectivity index (χ3v) is 7.91. The summed E-state index contributed by atoms with van der Waals surface area (Å²) in [6.45, 7) is 9.38. The largest absolute Gasteiger partial charge is 0.456 e. The number of hydrogen-bond acceptors (Lipinski definition) is 1. The molecular formula is C23H25N2OSi+. The summed E-state index contributed by atoms with van der Waals surface area (Å²) in [5.41, 5.74) is 5.77. The Bertz CT molecular complexity index is 1380. The van der Waals surface area contributed by atoms with Crippen molar-refractivity contribution >= 4 is 57.0 Å². The number of aryl methyl sites for hydroxylation is 3. The van der Waals surface area contributed by atoms with E-state index in [-0.39, 0.29) is 0 Å². The van der Waals surface area contributed by atoms with Crippen molar-refractivity contribution in [3.8, 4) is 0 Å². The van der Waals surface area contributed by atoms with Crippen molar-refractivity contribution in [3.05, 3.63) is 48.3 Å². The Labute approximate surface area is 159 Å². The molecule has 0 aliphatic heterocycles. The molecule has 0 saturated carbocycles. The summed E-state index contributed by atoms with van der Waals surface area (Å²) >= 11 is 0. The first-order chi connectivity index (χ1) is 12.8. The average Bonchev–Trinajstić information content (AvgIpc) is 2.97. The highest BCUT2D eigenvalue weighted by molar-refractivity contribution is 6.89. The lowest BCUT2D eigenvalue weighted by Gasteiger charge is -2.20. The molecule has 0 radical (unpaired) electrons. The highest BCUT2D eigenvalue weighted by Crippen LogP contribution is 2.37. The second kappa shape index (κ2) is 5.23. The number of rotatable bonds is 1. The number of pyridine rings is 1. The van der Waals surface area contributed by atoms with E-state index in [1.54, 1.807) is 0 Å². The Morgan fingerprint density at radius 1 is 0.963 bits per heavy atom. The molecule has 0 aliphatic rings. The predicted octanol–water partition coefficient (Wildman–Crippen LogP) is 4.91. The van der Waals surface area contributed by atoms with E-state index in [1.165, 1.54) is 43.3 Å². The molecular weight excluding hydrogens is 348 g/mol. The lowest BCUT2D eigenvalue weighted by Crippen LogP contribution is -2.37. The maximum absolute atomic E-state index is 6.54. The van der Waals surface area contributed by atoms with Crippen LogP contribution in [0.3, 0.4) is 0 Å². The van der Waals surface area contributed by atoms with Crippen LogP contribution in [0.5, 0.6) is 0 Å². The lowest BCUT2D eigenvalue weighted by atomic mass is 10.0. The van der Waals surface area contributed by atoms with Gasteiger partial charge in [-0.25, -0.2) is 4.57 Å². The fraction of sp³-hybridized carbons (Fsp3) is 0.261. The van der Waals surface area contributed by atoms with Gasteiger partial charge in [0, 0.05) is 30.3 Å². The van der Waals surface area contributed by atoms with Crippen molar-refractivity contribution in [1.29, 1.82) is 0 Å². The van der Waals surface area contributed by atoms with E-state index in [0.717, 1.165) is 11.2 Å². The van der Waals surface area contributed by atoms with E-state index in [4.69, 9.17) is 4.42 Å². The first kappa shape index (κ1) is 16.6. The van der Waals surface area contributed by atoms with Gasteiger partial charge in [0.1, 0.15) is 18.2 Å². The summed E-state index contributed by atoms with van der Waals surface area (Å²) in [5, 5.41) is 6.38. The predicted molar refractivity (Wildman–Crippen MR) is 117 cm³/mol. The van der Waals surface area contributed by atoms with Crippen LogP contribution < -0.4 is 9.75 Å². The minimum absolute atomic E-state index is 0.967. The molecule has 5 rings (SSSR count). The molecule has 3 aromatic heterocycles. The van der Waals surface area contributed by atoms with Crippen LogP contribution in [0.25, 0.3) is 43.7 Å². The summed E-state index contributed by atoms with van der Waals surface area (Å²) < 4.78 is 11.0. The van der Waals surface area contributed by atoms with Crippen LogP contribution in [0.15, 0.2) is 47.1 Å². The van der Waals surface area contributed by atoms with Crippen molar-refractivity contribution in [2.45, 2.75) is 26.6 Å². The SMILES string of the molecule is Cc1c2c(cc3cc[n+](C)c13)oc1cc([Si](C)(C)C)cc3ccn(C)c2c31. The highest BCUT2D eigenvalue weighted by Gasteiger charge is 2.23. The summed E-state index contributed by atoms with van der Waals surface area (Å²) in [4.78, 5) is 0. The van der Waals surface area contributed by atoms with Crippen molar-refractivity contribution in [2.24, 2.45) is 14.1 Å². The summed E-state index contributed by atoms with van der Waals surface area (Å²) in [7, 11) is 2.81. The topological polar surface area (TPSA) is 21.9 Å². The van der Waals surface area contributed by atoms with Gasteiger partial charge >= 0.3 is 0 Å². The van der Waals surface area contributed by atoms with Crippen LogP contribution in [-0.4, -0.2) is 12.6 Å². The smallest absolute Gasteiger partial charge is 0.216 e. The number of aromatic nitrogens is 2. The molecule has 0 saturated heterocycles. The van der Waals surface area contributed by atoms with E-state index in [0.29, 0.717) is 0 Å². The monoisotopic (exact) mass is 373 g/mol. The van der Waals surface area contributed by atoms with Crippen LogP contribution in [0, 0.1) is 6.92 Å². The summed E-state index contributed by atoms with van der Waals surface area (Å²) in [6.07, 6.45) is 4.30. The normalized spacial score (nSPS) is 12.8. The number of fused-ring (bicyclic) bond motifs is 3. The van der Waals surface area contributed by atoms with E-state index < -0.39 is 8.07 Å². The van der Waals surface area contributed by atoms with Crippen LogP contribution in [0.4, 0.5) is 0 Å². The van der Waals surface area contributed by atoms with Gasteiger partial charge in [-0.3, -0.25) is 0 Å².